The average molecular weight is 313 g/mol. The van der Waals surface area contributed by atoms with Crippen molar-refractivity contribution in [3.63, 3.8) is 0 Å². The van der Waals surface area contributed by atoms with Crippen LogP contribution in [0.4, 0.5) is 5.69 Å². The molecule has 0 spiro atoms. The van der Waals surface area contributed by atoms with Crippen LogP contribution in [0.2, 0.25) is 5.02 Å². The van der Waals surface area contributed by atoms with Crippen LogP contribution in [-0.2, 0) is 11.3 Å². The molecule has 0 saturated carbocycles. The minimum absolute atomic E-state index is 0.00570. The van der Waals surface area contributed by atoms with Crippen LogP contribution in [0.1, 0.15) is 25.3 Å². The smallest absolute Gasteiger partial charge is 0.308 e. The van der Waals surface area contributed by atoms with E-state index in [1.165, 1.54) is 18.2 Å². The molecule has 7 heteroatoms. The number of benzene rings is 1. The number of likely N-dealkylation sites (tertiary alicyclic amines) is 1. The second-order valence-electron chi connectivity index (χ2n) is 5.33. The van der Waals surface area contributed by atoms with E-state index >= 15 is 0 Å². The molecule has 1 aromatic carbocycles. The second-order valence-corrected chi connectivity index (χ2v) is 5.74. The highest BCUT2D eigenvalue weighted by molar-refractivity contribution is 6.31. The van der Waals surface area contributed by atoms with Crippen LogP contribution in [0.3, 0.4) is 0 Å². The number of aliphatic carboxylic acids is 1. The lowest BCUT2D eigenvalue weighted by Gasteiger charge is -2.37. The monoisotopic (exact) mass is 312 g/mol. The molecular formula is C14H17ClN2O4. The Morgan fingerprint density at radius 1 is 1.57 bits per heavy atom. The molecule has 1 aliphatic rings. The fraction of sp³-hybridized carbons (Fsp3) is 0.500. The third-order valence-electron chi connectivity index (χ3n) is 4.05. The highest BCUT2D eigenvalue weighted by Crippen LogP contribution is 2.29. The zero-order chi connectivity index (χ0) is 15.6. The summed E-state index contributed by atoms with van der Waals surface area (Å²) in [4.78, 5) is 23.6. The average Bonchev–Trinajstić information content (AvgIpc) is 2.42. The summed E-state index contributed by atoms with van der Waals surface area (Å²) >= 11 is 6.10. The highest BCUT2D eigenvalue weighted by Gasteiger charge is 2.33. The van der Waals surface area contributed by atoms with Crippen LogP contribution >= 0.6 is 11.6 Å². The fourth-order valence-corrected chi connectivity index (χ4v) is 2.96. The molecule has 0 aromatic heterocycles. The summed E-state index contributed by atoms with van der Waals surface area (Å²) in [5, 5.41) is 20.5. The number of hydrogen-bond acceptors (Lipinski definition) is 4. The van der Waals surface area contributed by atoms with Crippen LogP contribution < -0.4 is 0 Å². The van der Waals surface area contributed by atoms with Gasteiger partial charge in [-0.1, -0.05) is 11.6 Å². The zero-order valence-corrected chi connectivity index (χ0v) is 12.4. The Kier molecular flexibility index (Phi) is 4.80. The predicted octanol–water partition coefficient (Wildman–Crippen LogP) is 2.93. The van der Waals surface area contributed by atoms with Crippen molar-refractivity contribution in [2.24, 2.45) is 5.92 Å². The number of nitrogens with zero attached hydrogens (tertiary/aromatic N) is 2. The van der Waals surface area contributed by atoms with Crippen molar-refractivity contribution in [2.75, 3.05) is 6.54 Å². The number of piperidine rings is 1. The van der Waals surface area contributed by atoms with Crippen molar-refractivity contribution in [2.45, 2.75) is 32.4 Å². The lowest BCUT2D eigenvalue weighted by atomic mass is 9.90. The van der Waals surface area contributed by atoms with Gasteiger partial charge >= 0.3 is 5.97 Å². The number of carbonyl (C=O) groups is 1. The molecule has 6 nitrogen and oxygen atoms in total. The van der Waals surface area contributed by atoms with Crippen molar-refractivity contribution in [1.82, 2.24) is 4.90 Å². The first-order valence-electron chi connectivity index (χ1n) is 6.80. The van der Waals surface area contributed by atoms with E-state index in [2.05, 4.69) is 0 Å². The van der Waals surface area contributed by atoms with Crippen molar-refractivity contribution in [3.8, 4) is 0 Å². The van der Waals surface area contributed by atoms with Crippen molar-refractivity contribution >= 4 is 23.3 Å². The molecule has 1 heterocycles. The largest absolute Gasteiger partial charge is 0.481 e. The van der Waals surface area contributed by atoms with E-state index < -0.39 is 16.8 Å². The molecule has 2 atom stereocenters. The first kappa shape index (κ1) is 15.7. The van der Waals surface area contributed by atoms with E-state index in [4.69, 9.17) is 11.6 Å². The summed E-state index contributed by atoms with van der Waals surface area (Å²) in [6.45, 7) is 3.07. The van der Waals surface area contributed by atoms with Crippen LogP contribution in [-0.4, -0.2) is 33.5 Å². The maximum absolute atomic E-state index is 11.2. The quantitative estimate of drug-likeness (QED) is 0.682. The normalized spacial score (nSPS) is 23.0. The third kappa shape index (κ3) is 3.51. The number of carboxylic acid groups (broad SMARTS) is 1. The maximum Gasteiger partial charge on any atom is 0.308 e. The van der Waals surface area contributed by atoms with Crippen molar-refractivity contribution in [1.29, 1.82) is 0 Å². The molecule has 21 heavy (non-hydrogen) atoms. The molecule has 1 aliphatic heterocycles. The van der Waals surface area contributed by atoms with Gasteiger partial charge in [-0.15, -0.1) is 0 Å². The van der Waals surface area contributed by atoms with Gasteiger partial charge in [0, 0.05) is 29.7 Å². The van der Waals surface area contributed by atoms with Gasteiger partial charge in [-0.05, 0) is 37.9 Å². The lowest BCUT2D eigenvalue weighted by Crippen LogP contribution is -2.45. The van der Waals surface area contributed by atoms with E-state index in [0.29, 0.717) is 23.6 Å². The Hall–Kier alpha value is -1.66. The summed E-state index contributed by atoms with van der Waals surface area (Å²) in [6.07, 6.45) is 1.46. The van der Waals surface area contributed by atoms with E-state index in [0.717, 1.165) is 13.0 Å². The number of halogens is 1. The molecule has 0 unspecified atom stereocenters. The SMILES string of the molecule is C[C@@H]1[C@H](C(=O)O)CCCN1Cc1cc([N+](=O)[O-])ccc1Cl. The summed E-state index contributed by atoms with van der Waals surface area (Å²) in [7, 11) is 0. The Morgan fingerprint density at radius 2 is 2.29 bits per heavy atom. The van der Waals surface area contributed by atoms with Crippen molar-refractivity contribution in [3.05, 3.63) is 38.9 Å². The fourth-order valence-electron chi connectivity index (χ4n) is 2.78. The summed E-state index contributed by atoms with van der Waals surface area (Å²) in [6, 6.07) is 4.22. The topological polar surface area (TPSA) is 83.7 Å². The molecular weight excluding hydrogens is 296 g/mol. The molecule has 0 radical (unpaired) electrons. The number of nitro benzene ring substituents is 1. The van der Waals surface area contributed by atoms with Crippen LogP contribution in [0.25, 0.3) is 0 Å². The van der Waals surface area contributed by atoms with E-state index in [-0.39, 0.29) is 11.7 Å². The second kappa shape index (κ2) is 6.41. The van der Waals surface area contributed by atoms with Gasteiger partial charge in [-0.2, -0.15) is 0 Å². The Morgan fingerprint density at radius 3 is 2.90 bits per heavy atom. The maximum atomic E-state index is 11.2. The van der Waals surface area contributed by atoms with Gasteiger partial charge in [0.15, 0.2) is 0 Å². The van der Waals surface area contributed by atoms with Crippen LogP contribution in [0, 0.1) is 16.0 Å². The lowest BCUT2D eigenvalue weighted by molar-refractivity contribution is -0.384. The van der Waals surface area contributed by atoms with Gasteiger partial charge in [0.1, 0.15) is 0 Å². The summed E-state index contributed by atoms with van der Waals surface area (Å²) in [5.41, 5.74) is 0.651. The molecule has 1 aromatic rings. The number of carboxylic acids is 1. The highest BCUT2D eigenvalue weighted by atomic mass is 35.5. The molecule has 2 rings (SSSR count). The third-order valence-corrected chi connectivity index (χ3v) is 4.42. The van der Waals surface area contributed by atoms with Gasteiger partial charge in [0.25, 0.3) is 5.69 Å². The molecule has 1 N–H and O–H groups in total. The summed E-state index contributed by atoms with van der Waals surface area (Å²) < 4.78 is 0. The molecule has 0 aliphatic carbocycles. The Balaban J connectivity index is 2.19. The number of non-ortho nitro benzene ring substituents is 1. The van der Waals surface area contributed by atoms with Gasteiger partial charge in [-0.25, -0.2) is 0 Å². The zero-order valence-electron chi connectivity index (χ0n) is 11.7. The van der Waals surface area contributed by atoms with E-state index in [1.54, 1.807) is 0 Å². The van der Waals surface area contributed by atoms with Gasteiger partial charge in [-0.3, -0.25) is 19.8 Å². The predicted molar refractivity (Wildman–Crippen MR) is 78.3 cm³/mol. The Labute approximate surface area is 127 Å². The van der Waals surface area contributed by atoms with E-state index in [9.17, 15) is 20.0 Å². The number of rotatable bonds is 4. The first-order chi connectivity index (χ1) is 9.90. The van der Waals surface area contributed by atoms with Crippen LogP contribution in [0.15, 0.2) is 18.2 Å². The molecule has 0 bridgehead atoms. The first-order valence-corrected chi connectivity index (χ1v) is 7.17. The molecule has 0 amide bonds. The molecule has 1 saturated heterocycles. The Bertz CT molecular complexity index is 564. The molecule has 1 fully saturated rings. The van der Waals surface area contributed by atoms with Gasteiger partial charge < -0.3 is 5.11 Å². The van der Waals surface area contributed by atoms with Crippen LogP contribution in [0.5, 0.6) is 0 Å². The van der Waals surface area contributed by atoms with Crippen molar-refractivity contribution < 1.29 is 14.8 Å². The minimum atomic E-state index is -0.794. The van der Waals surface area contributed by atoms with Gasteiger partial charge in [0.2, 0.25) is 0 Å². The minimum Gasteiger partial charge on any atom is -0.481 e. The molecule has 114 valence electrons. The van der Waals surface area contributed by atoms with Gasteiger partial charge in [0.05, 0.1) is 10.8 Å². The van der Waals surface area contributed by atoms with E-state index in [1.807, 2.05) is 11.8 Å². The number of nitro groups is 1. The number of hydrogen-bond donors (Lipinski definition) is 1. The summed E-state index contributed by atoms with van der Waals surface area (Å²) in [5.74, 6) is -1.20. The standard InChI is InChI=1S/C14H17ClN2O4/c1-9-12(14(18)19)3-2-6-16(9)8-10-7-11(17(20)21)4-5-13(10)15/h4-5,7,9,12H,2-3,6,8H2,1H3,(H,18,19)/t9-,12-/m1/s1.